The Kier molecular flexibility index (Phi) is 4.04. The lowest BCUT2D eigenvalue weighted by atomic mass is 10.1. The summed E-state index contributed by atoms with van der Waals surface area (Å²) in [5.41, 5.74) is 1.74. The van der Waals surface area contributed by atoms with Crippen molar-refractivity contribution in [1.82, 2.24) is 0 Å². The Bertz CT molecular complexity index is 351. The summed E-state index contributed by atoms with van der Waals surface area (Å²) < 4.78 is 5.40. The molecule has 2 N–H and O–H groups in total. The van der Waals surface area contributed by atoms with Crippen LogP contribution in [0.1, 0.15) is 18.4 Å². The van der Waals surface area contributed by atoms with Crippen molar-refractivity contribution in [3.05, 3.63) is 28.8 Å². The molecule has 88 valence electrons. The average molecular weight is 242 g/mol. The van der Waals surface area contributed by atoms with Gasteiger partial charge in [0.05, 0.1) is 23.9 Å². The highest BCUT2D eigenvalue weighted by molar-refractivity contribution is 6.33. The third kappa shape index (κ3) is 2.88. The van der Waals surface area contributed by atoms with Crippen LogP contribution in [0, 0.1) is 0 Å². The molecule has 0 bridgehead atoms. The molecule has 3 nitrogen and oxygen atoms in total. The highest BCUT2D eigenvalue weighted by Gasteiger charge is 2.14. The van der Waals surface area contributed by atoms with Gasteiger partial charge in [-0.05, 0) is 30.5 Å². The van der Waals surface area contributed by atoms with E-state index >= 15 is 0 Å². The Morgan fingerprint density at radius 3 is 3.06 bits per heavy atom. The van der Waals surface area contributed by atoms with Crippen LogP contribution in [0.15, 0.2) is 18.2 Å². The summed E-state index contributed by atoms with van der Waals surface area (Å²) in [6.45, 7) is 1.61. The van der Waals surface area contributed by atoms with Gasteiger partial charge in [-0.15, -0.1) is 0 Å². The topological polar surface area (TPSA) is 41.5 Å². The van der Waals surface area contributed by atoms with Gasteiger partial charge in [-0.3, -0.25) is 0 Å². The minimum absolute atomic E-state index is 0.0347. The fourth-order valence-electron chi connectivity index (χ4n) is 1.86. The summed E-state index contributed by atoms with van der Waals surface area (Å²) in [4.78, 5) is 0. The Morgan fingerprint density at radius 1 is 1.50 bits per heavy atom. The van der Waals surface area contributed by atoms with Gasteiger partial charge in [-0.25, -0.2) is 0 Å². The number of halogens is 1. The van der Waals surface area contributed by atoms with Crippen molar-refractivity contribution in [2.75, 3.05) is 18.5 Å². The van der Waals surface area contributed by atoms with Crippen molar-refractivity contribution >= 4 is 17.3 Å². The number of hydrogen-bond acceptors (Lipinski definition) is 3. The number of anilines is 1. The molecule has 1 saturated heterocycles. The number of aliphatic hydroxyl groups is 1. The van der Waals surface area contributed by atoms with E-state index in [4.69, 9.17) is 21.4 Å². The van der Waals surface area contributed by atoms with E-state index in [0.717, 1.165) is 37.3 Å². The van der Waals surface area contributed by atoms with Crippen molar-refractivity contribution in [3.8, 4) is 0 Å². The van der Waals surface area contributed by atoms with Gasteiger partial charge in [0.1, 0.15) is 0 Å². The van der Waals surface area contributed by atoms with Crippen molar-refractivity contribution in [1.29, 1.82) is 0 Å². The molecule has 2 rings (SSSR count). The van der Waals surface area contributed by atoms with Crippen LogP contribution in [0.4, 0.5) is 5.69 Å². The molecular formula is C12H16ClNO2. The van der Waals surface area contributed by atoms with Crippen molar-refractivity contribution in [2.45, 2.75) is 25.5 Å². The normalized spacial score (nSPS) is 20.8. The van der Waals surface area contributed by atoms with E-state index in [2.05, 4.69) is 5.32 Å². The molecule has 0 spiro atoms. The second kappa shape index (κ2) is 5.53. The first-order valence-corrected chi connectivity index (χ1v) is 5.91. The third-order valence-corrected chi connectivity index (χ3v) is 3.06. The molecule has 1 aromatic rings. The van der Waals surface area contributed by atoms with Crippen molar-refractivity contribution < 1.29 is 9.84 Å². The zero-order valence-corrected chi connectivity index (χ0v) is 9.83. The number of nitrogens with one attached hydrogen (secondary N) is 1. The van der Waals surface area contributed by atoms with Gasteiger partial charge < -0.3 is 15.2 Å². The molecule has 1 aliphatic rings. The Labute approximate surface area is 100 Å². The molecule has 0 saturated carbocycles. The average Bonchev–Trinajstić information content (AvgIpc) is 2.33. The zero-order valence-electron chi connectivity index (χ0n) is 9.08. The monoisotopic (exact) mass is 241 g/mol. The fraction of sp³-hybridized carbons (Fsp3) is 0.500. The predicted molar refractivity (Wildman–Crippen MR) is 64.8 cm³/mol. The molecule has 1 unspecified atom stereocenters. The maximum atomic E-state index is 9.06. The van der Waals surface area contributed by atoms with E-state index < -0.39 is 0 Å². The third-order valence-electron chi connectivity index (χ3n) is 2.73. The lowest BCUT2D eigenvalue weighted by Crippen LogP contribution is -2.30. The molecule has 1 fully saturated rings. The second-order valence-corrected chi connectivity index (χ2v) is 4.44. The summed E-state index contributed by atoms with van der Waals surface area (Å²) in [6.07, 6.45) is 2.18. The molecule has 1 aromatic carbocycles. The van der Waals surface area contributed by atoms with Crippen molar-refractivity contribution in [2.24, 2.45) is 0 Å². The van der Waals surface area contributed by atoms with Crippen LogP contribution in [0.3, 0.4) is 0 Å². The molecule has 1 atom stereocenters. The number of benzene rings is 1. The maximum Gasteiger partial charge on any atom is 0.0682 e. The highest BCUT2D eigenvalue weighted by Crippen LogP contribution is 2.25. The smallest absolute Gasteiger partial charge is 0.0682 e. The van der Waals surface area contributed by atoms with Gasteiger partial charge in [-0.2, -0.15) is 0 Å². The molecule has 0 aromatic heterocycles. The van der Waals surface area contributed by atoms with E-state index in [1.807, 2.05) is 12.1 Å². The molecule has 0 radical (unpaired) electrons. The Balaban J connectivity index is 2.06. The molecule has 1 aliphatic heterocycles. The molecule has 0 amide bonds. The lowest BCUT2D eigenvalue weighted by molar-refractivity contribution is 0.0876. The van der Waals surface area contributed by atoms with Crippen LogP contribution >= 0.6 is 11.6 Å². The van der Waals surface area contributed by atoms with E-state index in [9.17, 15) is 0 Å². The van der Waals surface area contributed by atoms with E-state index in [1.165, 1.54) is 0 Å². The first kappa shape index (κ1) is 11.7. The lowest BCUT2D eigenvalue weighted by Gasteiger charge is -2.24. The second-order valence-electron chi connectivity index (χ2n) is 4.03. The molecule has 4 heteroatoms. The van der Waals surface area contributed by atoms with Gasteiger partial charge in [0.25, 0.3) is 0 Å². The predicted octanol–water partition coefficient (Wildman–Crippen LogP) is 2.42. The largest absolute Gasteiger partial charge is 0.392 e. The van der Waals surface area contributed by atoms with Crippen LogP contribution in [0.25, 0.3) is 0 Å². The maximum absolute atomic E-state index is 9.06. The van der Waals surface area contributed by atoms with Gasteiger partial charge in [0.15, 0.2) is 0 Å². The Hall–Kier alpha value is -0.770. The molecule has 0 aliphatic carbocycles. The Morgan fingerprint density at radius 2 is 2.38 bits per heavy atom. The van der Waals surface area contributed by atoms with Gasteiger partial charge >= 0.3 is 0 Å². The van der Waals surface area contributed by atoms with Gasteiger partial charge in [-0.1, -0.05) is 17.7 Å². The minimum Gasteiger partial charge on any atom is -0.392 e. The summed E-state index contributed by atoms with van der Waals surface area (Å²) in [5, 5.41) is 13.1. The van der Waals surface area contributed by atoms with E-state index in [-0.39, 0.29) is 6.61 Å². The highest BCUT2D eigenvalue weighted by atomic mass is 35.5. The minimum atomic E-state index is 0.0347. The van der Waals surface area contributed by atoms with E-state index in [0.29, 0.717) is 11.1 Å². The molecular weight excluding hydrogens is 226 g/mol. The van der Waals surface area contributed by atoms with E-state index in [1.54, 1.807) is 6.07 Å². The molecule has 16 heavy (non-hydrogen) atoms. The summed E-state index contributed by atoms with van der Waals surface area (Å²) in [5.74, 6) is 0. The van der Waals surface area contributed by atoms with Crippen LogP contribution in [0.2, 0.25) is 5.02 Å². The number of hydrogen-bond donors (Lipinski definition) is 2. The van der Waals surface area contributed by atoms with Crippen LogP contribution in [-0.4, -0.2) is 24.4 Å². The van der Waals surface area contributed by atoms with Crippen LogP contribution in [0.5, 0.6) is 0 Å². The molecule has 1 heterocycles. The number of ether oxygens (including phenoxy) is 1. The summed E-state index contributed by atoms with van der Waals surface area (Å²) >= 11 is 6.09. The number of rotatable bonds is 3. The summed E-state index contributed by atoms with van der Waals surface area (Å²) in [7, 11) is 0. The van der Waals surface area contributed by atoms with Crippen LogP contribution in [-0.2, 0) is 11.3 Å². The van der Waals surface area contributed by atoms with Gasteiger partial charge in [0, 0.05) is 12.6 Å². The fourth-order valence-corrected chi connectivity index (χ4v) is 2.03. The number of aliphatic hydroxyl groups excluding tert-OH is 1. The van der Waals surface area contributed by atoms with Crippen molar-refractivity contribution in [3.63, 3.8) is 0 Å². The zero-order chi connectivity index (χ0) is 11.4. The first-order chi connectivity index (χ1) is 7.79. The quantitative estimate of drug-likeness (QED) is 0.854. The summed E-state index contributed by atoms with van der Waals surface area (Å²) in [6, 6.07) is 5.83. The SMILES string of the molecule is OCc1ccc(Cl)c(NC2CCCOC2)c1. The van der Waals surface area contributed by atoms with Gasteiger partial charge in [0.2, 0.25) is 0 Å². The standard InChI is InChI=1S/C12H16ClNO2/c13-11-4-3-9(7-15)6-12(11)14-10-2-1-5-16-8-10/h3-4,6,10,14-15H,1-2,5,7-8H2. The first-order valence-electron chi connectivity index (χ1n) is 5.53. The van der Waals surface area contributed by atoms with Crippen LogP contribution < -0.4 is 5.32 Å².